The van der Waals surface area contributed by atoms with E-state index in [4.69, 9.17) is 15.2 Å². The minimum absolute atomic E-state index is 0.0981. The van der Waals surface area contributed by atoms with Gasteiger partial charge in [-0.25, -0.2) is 0 Å². The molecule has 1 unspecified atom stereocenters. The van der Waals surface area contributed by atoms with E-state index in [-0.39, 0.29) is 11.9 Å². The van der Waals surface area contributed by atoms with Gasteiger partial charge in [0.25, 0.3) is 5.91 Å². The third kappa shape index (κ3) is 2.66. The van der Waals surface area contributed by atoms with E-state index in [0.717, 1.165) is 0 Å². The molecule has 1 saturated carbocycles. The van der Waals surface area contributed by atoms with Crippen molar-refractivity contribution in [2.75, 3.05) is 27.0 Å². The first kappa shape index (κ1) is 14.5. The molecule has 0 spiro atoms. The SMILES string of the molecule is COc1cc(OC)c(N)c(C(=O)N(C)C(C)C2CC2)c1. The minimum atomic E-state index is -0.0981. The summed E-state index contributed by atoms with van der Waals surface area (Å²) in [6.45, 7) is 2.07. The maximum atomic E-state index is 12.6. The quantitative estimate of drug-likeness (QED) is 0.838. The van der Waals surface area contributed by atoms with Gasteiger partial charge in [-0.3, -0.25) is 4.79 Å². The second-order valence-corrected chi connectivity index (χ2v) is 5.28. The van der Waals surface area contributed by atoms with Gasteiger partial charge in [-0.05, 0) is 31.7 Å². The van der Waals surface area contributed by atoms with Gasteiger partial charge < -0.3 is 20.1 Å². The average Bonchev–Trinajstić information content (AvgIpc) is 3.29. The van der Waals surface area contributed by atoms with E-state index < -0.39 is 0 Å². The highest BCUT2D eigenvalue weighted by Gasteiger charge is 2.33. The molecule has 0 radical (unpaired) electrons. The number of nitrogens with two attached hydrogens (primary N) is 1. The van der Waals surface area contributed by atoms with Crippen LogP contribution >= 0.6 is 0 Å². The molecule has 0 saturated heterocycles. The van der Waals surface area contributed by atoms with E-state index in [1.807, 2.05) is 7.05 Å². The van der Waals surface area contributed by atoms with E-state index in [9.17, 15) is 4.79 Å². The maximum Gasteiger partial charge on any atom is 0.256 e. The zero-order valence-corrected chi connectivity index (χ0v) is 12.5. The van der Waals surface area contributed by atoms with E-state index in [0.29, 0.717) is 28.7 Å². The number of ether oxygens (including phenoxy) is 2. The lowest BCUT2D eigenvalue weighted by Gasteiger charge is -2.26. The Hall–Kier alpha value is -1.91. The molecule has 2 rings (SSSR count). The summed E-state index contributed by atoms with van der Waals surface area (Å²) in [7, 11) is 4.89. The summed E-state index contributed by atoms with van der Waals surface area (Å²) in [4.78, 5) is 14.4. The number of anilines is 1. The third-order valence-corrected chi connectivity index (χ3v) is 4.04. The van der Waals surface area contributed by atoms with Crippen LogP contribution in [0.4, 0.5) is 5.69 Å². The summed E-state index contributed by atoms with van der Waals surface area (Å²) in [5.74, 6) is 1.53. The number of nitrogen functional groups attached to an aromatic ring is 1. The maximum absolute atomic E-state index is 12.6. The molecule has 20 heavy (non-hydrogen) atoms. The molecule has 0 bridgehead atoms. The van der Waals surface area contributed by atoms with E-state index in [1.54, 1.807) is 24.1 Å². The van der Waals surface area contributed by atoms with Crippen LogP contribution < -0.4 is 15.2 Å². The molecule has 0 heterocycles. The molecular weight excluding hydrogens is 256 g/mol. The summed E-state index contributed by atoms with van der Waals surface area (Å²) < 4.78 is 10.4. The van der Waals surface area contributed by atoms with Gasteiger partial charge in [-0.1, -0.05) is 0 Å². The highest BCUT2D eigenvalue weighted by Crippen LogP contribution is 2.36. The van der Waals surface area contributed by atoms with Gasteiger partial charge in [0, 0.05) is 19.2 Å². The number of rotatable bonds is 5. The number of methoxy groups -OCH3 is 2. The lowest BCUT2D eigenvalue weighted by molar-refractivity contribution is 0.0727. The minimum Gasteiger partial charge on any atom is -0.497 e. The van der Waals surface area contributed by atoms with Gasteiger partial charge in [-0.15, -0.1) is 0 Å². The smallest absolute Gasteiger partial charge is 0.256 e. The van der Waals surface area contributed by atoms with Crippen molar-refractivity contribution < 1.29 is 14.3 Å². The number of benzene rings is 1. The monoisotopic (exact) mass is 278 g/mol. The van der Waals surface area contributed by atoms with E-state index >= 15 is 0 Å². The van der Waals surface area contributed by atoms with Crippen LogP contribution in [0.1, 0.15) is 30.1 Å². The summed E-state index contributed by atoms with van der Waals surface area (Å²) >= 11 is 0. The Morgan fingerprint density at radius 3 is 2.50 bits per heavy atom. The van der Waals surface area contributed by atoms with Crippen LogP contribution in [0.15, 0.2) is 12.1 Å². The highest BCUT2D eigenvalue weighted by molar-refractivity contribution is 6.01. The first-order valence-corrected chi connectivity index (χ1v) is 6.78. The van der Waals surface area contributed by atoms with Gasteiger partial charge in [0.15, 0.2) is 0 Å². The van der Waals surface area contributed by atoms with Crippen molar-refractivity contribution in [2.24, 2.45) is 5.92 Å². The Balaban J connectivity index is 2.32. The summed E-state index contributed by atoms with van der Waals surface area (Å²) in [6.07, 6.45) is 2.38. The lowest BCUT2D eigenvalue weighted by atomic mass is 10.1. The summed E-state index contributed by atoms with van der Waals surface area (Å²) in [6, 6.07) is 3.56. The number of carbonyl (C=O) groups excluding carboxylic acids is 1. The Morgan fingerprint density at radius 1 is 1.35 bits per heavy atom. The summed E-state index contributed by atoms with van der Waals surface area (Å²) in [5.41, 5.74) is 6.80. The number of hydrogen-bond acceptors (Lipinski definition) is 4. The van der Waals surface area contributed by atoms with Crippen LogP contribution in [0.2, 0.25) is 0 Å². The molecule has 110 valence electrons. The van der Waals surface area contributed by atoms with Crippen LogP contribution in [0, 0.1) is 5.92 Å². The van der Waals surface area contributed by atoms with E-state index in [1.165, 1.54) is 20.0 Å². The predicted octanol–water partition coefficient (Wildman–Crippen LogP) is 2.16. The molecule has 1 aromatic rings. The Bertz CT molecular complexity index is 512. The zero-order valence-electron chi connectivity index (χ0n) is 12.5. The van der Waals surface area contributed by atoms with Crippen molar-refractivity contribution in [3.63, 3.8) is 0 Å². The number of amides is 1. The second kappa shape index (κ2) is 5.61. The predicted molar refractivity (Wildman–Crippen MR) is 78.2 cm³/mol. The van der Waals surface area contributed by atoms with Gasteiger partial charge in [0.05, 0.1) is 25.5 Å². The number of nitrogens with zero attached hydrogens (tertiary/aromatic N) is 1. The number of hydrogen-bond donors (Lipinski definition) is 1. The normalized spacial score (nSPS) is 15.6. The fourth-order valence-corrected chi connectivity index (χ4v) is 2.33. The van der Waals surface area contributed by atoms with Crippen LogP contribution in [0.25, 0.3) is 0 Å². The first-order valence-electron chi connectivity index (χ1n) is 6.78. The Kier molecular flexibility index (Phi) is 4.06. The molecule has 1 aliphatic rings. The standard InChI is InChI=1S/C15H22N2O3/c1-9(10-5-6-10)17(2)15(18)12-7-11(19-3)8-13(20-4)14(12)16/h7-10H,5-6,16H2,1-4H3. The fraction of sp³-hybridized carbons (Fsp3) is 0.533. The molecule has 1 aromatic carbocycles. The van der Waals surface area contributed by atoms with Gasteiger partial charge in [0.1, 0.15) is 11.5 Å². The van der Waals surface area contributed by atoms with Crippen molar-refractivity contribution in [3.05, 3.63) is 17.7 Å². The molecule has 5 nitrogen and oxygen atoms in total. The Labute approximate surface area is 119 Å². The fourth-order valence-electron chi connectivity index (χ4n) is 2.33. The average molecular weight is 278 g/mol. The van der Waals surface area contributed by atoms with Crippen molar-refractivity contribution in [1.82, 2.24) is 4.90 Å². The van der Waals surface area contributed by atoms with Crippen LogP contribution in [-0.4, -0.2) is 38.1 Å². The van der Waals surface area contributed by atoms with Crippen molar-refractivity contribution in [3.8, 4) is 11.5 Å². The second-order valence-electron chi connectivity index (χ2n) is 5.28. The first-order chi connectivity index (χ1) is 9.49. The summed E-state index contributed by atoms with van der Waals surface area (Å²) in [5, 5.41) is 0. The lowest BCUT2D eigenvalue weighted by Crippen LogP contribution is -2.36. The molecule has 0 aliphatic heterocycles. The topological polar surface area (TPSA) is 64.8 Å². The molecule has 2 N–H and O–H groups in total. The van der Waals surface area contributed by atoms with Crippen LogP contribution in [-0.2, 0) is 0 Å². The largest absolute Gasteiger partial charge is 0.497 e. The molecule has 1 fully saturated rings. The molecule has 1 aliphatic carbocycles. The van der Waals surface area contributed by atoms with Gasteiger partial charge in [0.2, 0.25) is 0 Å². The van der Waals surface area contributed by atoms with Crippen molar-refractivity contribution >= 4 is 11.6 Å². The van der Waals surface area contributed by atoms with Crippen molar-refractivity contribution in [2.45, 2.75) is 25.8 Å². The van der Waals surface area contributed by atoms with E-state index in [2.05, 4.69) is 6.92 Å². The van der Waals surface area contributed by atoms with Gasteiger partial charge in [-0.2, -0.15) is 0 Å². The molecule has 1 atom stereocenters. The van der Waals surface area contributed by atoms with Crippen molar-refractivity contribution in [1.29, 1.82) is 0 Å². The third-order valence-electron chi connectivity index (χ3n) is 4.04. The molecule has 5 heteroatoms. The van der Waals surface area contributed by atoms with Crippen LogP contribution in [0.3, 0.4) is 0 Å². The zero-order chi connectivity index (χ0) is 14.9. The Morgan fingerprint density at radius 2 is 2.00 bits per heavy atom. The van der Waals surface area contributed by atoms with Gasteiger partial charge >= 0.3 is 0 Å². The highest BCUT2D eigenvalue weighted by atomic mass is 16.5. The number of carbonyl (C=O) groups is 1. The molecule has 1 amide bonds. The molecule has 0 aromatic heterocycles. The van der Waals surface area contributed by atoms with Crippen LogP contribution in [0.5, 0.6) is 11.5 Å². The molecular formula is C15H22N2O3.